The summed E-state index contributed by atoms with van der Waals surface area (Å²) in [5.74, 6) is 1.71. The minimum absolute atomic E-state index is 0.630. The van der Waals surface area contributed by atoms with Crippen LogP contribution in [0.4, 0.5) is 0 Å². The molecule has 0 amide bonds. The number of nitrogens with zero attached hydrogens (tertiary/aromatic N) is 2. The Kier molecular flexibility index (Phi) is 2.52. The maximum absolute atomic E-state index is 5.97. The van der Waals surface area contributed by atoms with Crippen LogP contribution in [0.5, 0.6) is 0 Å². The van der Waals surface area contributed by atoms with Gasteiger partial charge < -0.3 is 4.57 Å². The predicted octanol–water partition coefficient (Wildman–Crippen LogP) is 4.16. The van der Waals surface area contributed by atoms with Gasteiger partial charge in [0.05, 0.1) is 9.21 Å². The summed E-state index contributed by atoms with van der Waals surface area (Å²) < 4.78 is 3.17. The quantitative estimate of drug-likeness (QED) is 0.745. The number of hydrogen-bond acceptors (Lipinski definition) is 2. The van der Waals surface area contributed by atoms with Crippen LogP contribution in [0.3, 0.4) is 0 Å². The SMILES string of the molecule is CC1CCCn2c1cnc2-c1ccc(Cl)s1. The van der Waals surface area contributed by atoms with Crippen molar-refractivity contribution in [2.75, 3.05) is 0 Å². The van der Waals surface area contributed by atoms with Gasteiger partial charge in [-0.3, -0.25) is 0 Å². The molecule has 0 radical (unpaired) electrons. The molecule has 1 aliphatic heterocycles. The molecule has 2 aromatic heterocycles. The summed E-state index contributed by atoms with van der Waals surface area (Å²) in [6.07, 6.45) is 4.54. The number of thiophene rings is 1. The first-order chi connectivity index (χ1) is 7.75. The molecule has 0 spiro atoms. The third kappa shape index (κ3) is 1.59. The standard InChI is InChI=1S/C12H13ClN2S/c1-8-3-2-6-15-9(8)7-14-12(15)10-4-5-11(13)16-10/h4-5,7-8H,2-3,6H2,1H3. The third-order valence-electron chi connectivity index (χ3n) is 3.20. The molecule has 16 heavy (non-hydrogen) atoms. The normalized spacial score (nSPS) is 19.8. The average molecular weight is 253 g/mol. The summed E-state index contributed by atoms with van der Waals surface area (Å²) in [7, 11) is 0. The minimum Gasteiger partial charge on any atom is -0.327 e. The molecule has 3 rings (SSSR count). The molecular weight excluding hydrogens is 240 g/mol. The lowest BCUT2D eigenvalue weighted by Gasteiger charge is -2.21. The number of aromatic nitrogens is 2. The topological polar surface area (TPSA) is 17.8 Å². The smallest absolute Gasteiger partial charge is 0.150 e. The van der Waals surface area contributed by atoms with Gasteiger partial charge in [-0.05, 0) is 30.9 Å². The fourth-order valence-electron chi connectivity index (χ4n) is 2.35. The van der Waals surface area contributed by atoms with Crippen LogP contribution in [0.15, 0.2) is 18.3 Å². The Balaban J connectivity index is 2.09. The van der Waals surface area contributed by atoms with Crippen LogP contribution in [0, 0.1) is 0 Å². The van der Waals surface area contributed by atoms with Gasteiger partial charge in [0.2, 0.25) is 0 Å². The highest BCUT2D eigenvalue weighted by Gasteiger charge is 2.21. The molecule has 3 heterocycles. The van der Waals surface area contributed by atoms with Crippen molar-refractivity contribution in [3.63, 3.8) is 0 Å². The van der Waals surface area contributed by atoms with Crippen molar-refractivity contribution >= 4 is 22.9 Å². The van der Waals surface area contributed by atoms with Crippen LogP contribution in [0.25, 0.3) is 10.7 Å². The van der Waals surface area contributed by atoms with Crippen LogP contribution in [-0.2, 0) is 6.54 Å². The Labute approximate surface area is 104 Å². The van der Waals surface area contributed by atoms with Crippen molar-refractivity contribution in [3.8, 4) is 10.7 Å². The molecule has 0 fully saturated rings. The first-order valence-electron chi connectivity index (χ1n) is 5.57. The van der Waals surface area contributed by atoms with E-state index in [0.29, 0.717) is 5.92 Å². The molecule has 0 N–H and O–H groups in total. The Morgan fingerprint density at radius 3 is 3.12 bits per heavy atom. The van der Waals surface area contributed by atoms with Crippen LogP contribution in [0.2, 0.25) is 4.34 Å². The van der Waals surface area contributed by atoms with E-state index in [0.717, 1.165) is 16.7 Å². The second kappa shape index (κ2) is 3.90. The molecule has 2 aromatic rings. The molecule has 4 heteroatoms. The number of halogens is 1. The third-order valence-corrected chi connectivity index (χ3v) is 4.43. The average Bonchev–Trinajstić information content (AvgIpc) is 2.84. The summed E-state index contributed by atoms with van der Waals surface area (Å²) >= 11 is 7.57. The van der Waals surface area contributed by atoms with E-state index >= 15 is 0 Å². The van der Waals surface area contributed by atoms with Crippen LogP contribution < -0.4 is 0 Å². The van der Waals surface area contributed by atoms with Crippen molar-refractivity contribution in [3.05, 3.63) is 28.4 Å². The summed E-state index contributed by atoms with van der Waals surface area (Å²) in [6, 6.07) is 4.00. The van der Waals surface area contributed by atoms with Crippen LogP contribution in [-0.4, -0.2) is 9.55 Å². The number of hydrogen-bond donors (Lipinski definition) is 0. The molecule has 0 saturated heterocycles. The van der Waals surface area contributed by atoms with Gasteiger partial charge in [-0.2, -0.15) is 0 Å². The molecule has 1 aliphatic rings. The van der Waals surface area contributed by atoms with Crippen molar-refractivity contribution < 1.29 is 0 Å². The van der Waals surface area contributed by atoms with E-state index in [1.165, 1.54) is 23.4 Å². The fraction of sp³-hybridized carbons (Fsp3) is 0.417. The van der Waals surface area contributed by atoms with E-state index in [1.807, 2.05) is 12.3 Å². The fourth-order valence-corrected chi connectivity index (χ4v) is 3.40. The molecule has 0 aliphatic carbocycles. The maximum Gasteiger partial charge on any atom is 0.150 e. The molecule has 0 saturated carbocycles. The molecule has 1 atom stereocenters. The first kappa shape index (κ1) is 10.4. The van der Waals surface area contributed by atoms with Gasteiger partial charge in [0, 0.05) is 18.4 Å². The highest BCUT2D eigenvalue weighted by molar-refractivity contribution is 7.19. The van der Waals surface area contributed by atoms with Gasteiger partial charge in [-0.25, -0.2) is 4.98 Å². The van der Waals surface area contributed by atoms with Crippen molar-refractivity contribution in [2.24, 2.45) is 0 Å². The summed E-state index contributed by atoms with van der Waals surface area (Å²) in [6.45, 7) is 3.36. The van der Waals surface area contributed by atoms with Crippen LogP contribution in [0.1, 0.15) is 31.4 Å². The van der Waals surface area contributed by atoms with E-state index in [4.69, 9.17) is 11.6 Å². The summed E-state index contributed by atoms with van der Waals surface area (Å²) in [5.41, 5.74) is 1.37. The van der Waals surface area contributed by atoms with Gasteiger partial charge in [-0.1, -0.05) is 18.5 Å². The molecule has 0 bridgehead atoms. The number of imidazole rings is 1. The van der Waals surface area contributed by atoms with E-state index in [2.05, 4.69) is 22.5 Å². The zero-order valence-corrected chi connectivity index (χ0v) is 10.7. The van der Waals surface area contributed by atoms with Gasteiger partial charge in [-0.15, -0.1) is 11.3 Å². The van der Waals surface area contributed by atoms with Gasteiger partial charge in [0.15, 0.2) is 0 Å². The Hall–Kier alpha value is -0.800. The van der Waals surface area contributed by atoms with Crippen molar-refractivity contribution in [1.29, 1.82) is 0 Å². The molecule has 84 valence electrons. The van der Waals surface area contributed by atoms with Gasteiger partial charge in [0.1, 0.15) is 5.82 Å². The molecular formula is C12H13ClN2S. The van der Waals surface area contributed by atoms with E-state index in [-0.39, 0.29) is 0 Å². The number of rotatable bonds is 1. The monoisotopic (exact) mass is 252 g/mol. The molecule has 2 nitrogen and oxygen atoms in total. The molecule has 0 aromatic carbocycles. The summed E-state index contributed by atoms with van der Waals surface area (Å²) in [5, 5.41) is 0. The second-order valence-electron chi connectivity index (χ2n) is 4.31. The zero-order valence-electron chi connectivity index (χ0n) is 9.11. The van der Waals surface area contributed by atoms with Gasteiger partial charge >= 0.3 is 0 Å². The zero-order chi connectivity index (χ0) is 11.1. The van der Waals surface area contributed by atoms with E-state index < -0.39 is 0 Å². The lowest BCUT2D eigenvalue weighted by atomic mass is 9.99. The first-order valence-corrected chi connectivity index (χ1v) is 6.76. The predicted molar refractivity (Wildman–Crippen MR) is 68.2 cm³/mol. The lowest BCUT2D eigenvalue weighted by molar-refractivity contribution is 0.478. The largest absolute Gasteiger partial charge is 0.327 e. The summed E-state index contributed by atoms with van der Waals surface area (Å²) in [4.78, 5) is 5.72. The lowest BCUT2D eigenvalue weighted by Crippen LogP contribution is -2.13. The Bertz CT molecular complexity index is 515. The van der Waals surface area contributed by atoms with Crippen LogP contribution >= 0.6 is 22.9 Å². The second-order valence-corrected chi connectivity index (χ2v) is 6.02. The van der Waals surface area contributed by atoms with Crippen molar-refractivity contribution in [2.45, 2.75) is 32.2 Å². The van der Waals surface area contributed by atoms with Gasteiger partial charge in [0.25, 0.3) is 0 Å². The van der Waals surface area contributed by atoms with E-state index in [9.17, 15) is 0 Å². The number of fused-ring (bicyclic) bond motifs is 1. The maximum atomic E-state index is 5.97. The highest BCUT2D eigenvalue weighted by Crippen LogP contribution is 2.35. The minimum atomic E-state index is 0.630. The Morgan fingerprint density at radius 1 is 1.50 bits per heavy atom. The Morgan fingerprint density at radius 2 is 2.38 bits per heavy atom. The van der Waals surface area contributed by atoms with Crippen molar-refractivity contribution in [1.82, 2.24) is 9.55 Å². The highest BCUT2D eigenvalue weighted by atomic mass is 35.5. The molecule has 1 unspecified atom stereocenters. The van der Waals surface area contributed by atoms with E-state index in [1.54, 1.807) is 11.3 Å².